The highest BCUT2D eigenvalue weighted by Gasteiger charge is 2.19. The predicted molar refractivity (Wildman–Crippen MR) is 79.7 cm³/mol. The SMILES string of the molecule is O=CNc1ccc(C(=O)NC(CO)c2cc(F)c(F)c(F)c2)cc1. The van der Waals surface area contributed by atoms with Gasteiger partial charge in [-0.15, -0.1) is 0 Å². The summed E-state index contributed by atoms with van der Waals surface area (Å²) in [6.07, 6.45) is 0.481. The van der Waals surface area contributed by atoms with E-state index in [0.29, 0.717) is 24.2 Å². The Kier molecular flexibility index (Phi) is 5.54. The molecule has 0 radical (unpaired) electrons. The van der Waals surface area contributed by atoms with E-state index < -0.39 is 36.0 Å². The molecule has 0 aliphatic heterocycles. The molecule has 126 valence electrons. The van der Waals surface area contributed by atoms with Crippen molar-refractivity contribution in [2.75, 3.05) is 11.9 Å². The van der Waals surface area contributed by atoms with Gasteiger partial charge in [-0.05, 0) is 42.0 Å². The van der Waals surface area contributed by atoms with E-state index in [1.807, 2.05) is 0 Å². The van der Waals surface area contributed by atoms with Gasteiger partial charge in [0.05, 0.1) is 12.6 Å². The summed E-state index contributed by atoms with van der Waals surface area (Å²) in [6, 6.07) is 6.09. The number of nitrogens with one attached hydrogen (secondary N) is 2. The Bertz CT molecular complexity index is 728. The highest BCUT2D eigenvalue weighted by atomic mass is 19.2. The molecular formula is C16H13F3N2O3. The van der Waals surface area contributed by atoms with Crippen LogP contribution in [0.2, 0.25) is 0 Å². The maximum absolute atomic E-state index is 13.3. The van der Waals surface area contributed by atoms with Crippen molar-refractivity contribution in [3.63, 3.8) is 0 Å². The van der Waals surface area contributed by atoms with Gasteiger partial charge in [0.1, 0.15) is 0 Å². The second-order valence-electron chi connectivity index (χ2n) is 4.85. The number of carbonyl (C=O) groups is 2. The minimum absolute atomic E-state index is 0.110. The van der Waals surface area contributed by atoms with Crippen molar-refractivity contribution in [1.29, 1.82) is 0 Å². The molecule has 3 N–H and O–H groups in total. The first kappa shape index (κ1) is 17.5. The van der Waals surface area contributed by atoms with Crippen molar-refractivity contribution >= 4 is 18.0 Å². The fourth-order valence-corrected chi connectivity index (χ4v) is 2.04. The number of aliphatic hydroxyl groups excluding tert-OH is 1. The van der Waals surface area contributed by atoms with Gasteiger partial charge in [-0.2, -0.15) is 0 Å². The van der Waals surface area contributed by atoms with Crippen LogP contribution < -0.4 is 10.6 Å². The Hall–Kier alpha value is -2.87. The van der Waals surface area contributed by atoms with Crippen LogP contribution in [0.3, 0.4) is 0 Å². The van der Waals surface area contributed by atoms with Crippen molar-refractivity contribution in [2.24, 2.45) is 0 Å². The van der Waals surface area contributed by atoms with Crippen molar-refractivity contribution in [1.82, 2.24) is 5.32 Å². The van der Waals surface area contributed by atoms with E-state index in [9.17, 15) is 27.9 Å². The van der Waals surface area contributed by atoms with Crippen LogP contribution in [0.15, 0.2) is 36.4 Å². The number of aliphatic hydroxyl groups is 1. The third-order valence-electron chi connectivity index (χ3n) is 3.27. The molecule has 2 aromatic carbocycles. The number of anilines is 1. The molecular weight excluding hydrogens is 325 g/mol. The summed E-state index contributed by atoms with van der Waals surface area (Å²) in [6.45, 7) is -0.638. The molecule has 0 aliphatic rings. The maximum Gasteiger partial charge on any atom is 0.251 e. The summed E-state index contributed by atoms with van der Waals surface area (Å²) in [5.74, 6) is -5.07. The predicted octanol–water partition coefficient (Wildman–Crippen LogP) is 2.14. The second kappa shape index (κ2) is 7.60. The number of benzene rings is 2. The fourth-order valence-electron chi connectivity index (χ4n) is 2.04. The first-order valence-corrected chi connectivity index (χ1v) is 6.82. The highest BCUT2D eigenvalue weighted by Crippen LogP contribution is 2.20. The summed E-state index contributed by atoms with van der Waals surface area (Å²) in [7, 11) is 0. The third-order valence-corrected chi connectivity index (χ3v) is 3.27. The van der Waals surface area contributed by atoms with Crippen LogP contribution in [0, 0.1) is 17.5 Å². The topological polar surface area (TPSA) is 78.4 Å². The molecule has 0 fully saturated rings. The van der Waals surface area contributed by atoms with E-state index in [-0.39, 0.29) is 11.1 Å². The fraction of sp³-hybridized carbons (Fsp3) is 0.125. The van der Waals surface area contributed by atoms with E-state index in [2.05, 4.69) is 10.6 Å². The largest absolute Gasteiger partial charge is 0.394 e. The first-order valence-electron chi connectivity index (χ1n) is 6.82. The molecule has 24 heavy (non-hydrogen) atoms. The molecule has 0 saturated heterocycles. The molecule has 0 aliphatic carbocycles. The number of amides is 2. The maximum atomic E-state index is 13.3. The number of hydrogen-bond donors (Lipinski definition) is 3. The monoisotopic (exact) mass is 338 g/mol. The molecule has 0 saturated carbocycles. The smallest absolute Gasteiger partial charge is 0.251 e. The second-order valence-corrected chi connectivity index (χ2v) is 4.85. The molecule has 8 heteroatoms. The zero-order chi connectivity index (χ0) is 17.7. The lowest BCUT2D eigenvalue weighted by molar-refractivity contribution is -0.105. The quantitative estimate of drug-likeness (QED) is 0.558. The number of hydrogen-bond acceptors (Lipinski definition) is 3. The molecule has 1 unspecified atom stereocenters. The van der Waals surface area contributed by atoms with Gasteiger partial charge in [0.2, 0.25) is 6.41 Å². The molecule has 2 rings (SSSR count). The van der Waals surface area contributed by atoms with Gasteiger partial charge in [0.25, 0.3) is 5.91 Å². The molecule has 2 amide bonds. The molecule has 5 nitrogen and oxygen atoms in total. The van der Waals surface area contributed by atoms with Gasteiger partial charge in [0.15, 0.2) is 17.5 Å². The van der Waals surface area contributed by atoms with Gasteiger partial charge in [-0.3, -0.25) is 9.59 Å². The van der Waals surface area contributed by atoms with Gasteiger partial charge >= 0.3 is 0 Å². The lowest BCUT2D eigenvalue weighted by Crippen LogP contribution is -2.31. The number of rotatable bonds is 6. The van der Waals surface area contributed by atoms with Crippen LogP contribution in [0.1, 0.15) is 22.0 Å². The van der Waals surface area contributed by atoms with Crippen LogP contribution in [-0.2, 0) is 4.79 Å². The minimum Gasteiger partial charge on any atom is -0.394 e. The van der Waals surface area contributed by atoms with Gasteiger partial charge in [-0.25, -0.2) is 13.2 Å². The van der Waals surface area contributed by atoms with E-state index in [4.69, 9.17) is 0 Å². The summed E-state index contributed by atoms with van der Waals surface area (Å²) < 4.78 is 39.5. The van der Waals surface area contributed by atoms with E-state index in [0.717, 1.165) is 0 Å². The summed E-state index contributed by atoms with van der Waals surface area (Å²) >= 11 is 0. The van der Waals surface area contributed by atoms with E-state index >= 15 is 0 Å². The van der Waals surface area contributed by atoms with Crippen molar-refractivity contribution in [3.05, 3.63) is 65.0 Å². The van der Waals surface area contributed by atoms with Crippen LogP contribution >= 0.6 is 0 Å². The lowest BCUT2D eigenvalue weighted by Gasteiger charge is -2.17. The summed E-state index contributed by atoms with van der Waals surface area (Å²) in [5, 5.41) is 14.1. The van der Waals surface area contributed by atoms with E-state index in [1.54, 1.807) is 0 Å². The molecule has 0 aromatic heterocycles. The van der Waals surface area contributed by atoms with Crippen molar-refractivity contribution in [3.8, 4) is 0 Å². The average molecular weight is 338 g/mol. The zero-order valence-corrected chi connectivity index (χ0v) is 12.2. The Morgan fingerprint density at radius 1 is 1.12 bits per heavy atom. The summed E-state index contributed by atoms with van der Waals surface area (Å²) in [4.78, 5) is 22.4. The Morgan fingerprint density at radius 2 is 1.71 bits per heavy atom. The molecule has 0 bridgehead atoms. The lowest BCUT2D eigenvalue weighted by atomic mass is 10.1. The van der Waals surface area contributed by atoms with Gasteiger partial charge < -0.3 is 15.7 Å². The number of carbonyl (C=O) groups excluding carboxylic acids is 2. The standard InChI is InChI=1S/C16H13F3N2O3/c17-12-5-10(6-13(18)15(12)19)14(7-22)21-16(24)9-1-3-11(4-2-9)20-8-23/h1-6,8,14,22H,7H2,(H,20,23)(H,21,24). The summed E-state index contributed by atoms with van der Waals surface area (Å²) in [5.41, 5.74) is 0.567. The van der Waals surface area contributed by atoms with Crippen molar-refractivity contribution < 1.29 is 27.9 Å². The van der Waals surface area contributed by atoms with Crippen LogP contribution in [0.5, 0.6) is 0 Å². The van der Waals surface area contributed by atoms with E-state index in [1.165, 1.54) is 24.3 Å². The molecule has 0 heterocycles. The molecule has 2 aromatic rings. The highest BCUT2D eigenvalue weighted by molar-refractivity contribution is 5.95. The molecule has 1 atom stereocenters. The Labute approximate surface area is 135 Å². The van der Waals surface area contributed by atoms with Crippen LogP contribution in [0.4, 0.5) is 18.9 Å². The third kappa shape index (κ3) is 3.90. The normalized spacial score (nSPS) is 11.7. The number of halogens is 3. The van der Waals surface area contributed by atoms with Gasteiger partial charge in [-0.1, -0.05) is 0 Å². The van der Waals surface area contributed by atoms with Crippen LogP contribution in [0.25, 0.3) is 0 Å². The Balaban J connectivity index is 2.17. The van der Waals surface area contributed by atoms with Gasteiger partial charge in [0, 0.05) is 11.3 Å². The van der Waals surface area contributed by atoms with Crippen molar-refractivity contribution in [2.45, 2.75) is 6.04 Å². The molecule has 0 spiro atoms. The Morgan fingerprint density at radius 3 is 2.21 bits per heavy atom. The van der Waals surface area contributed by atoms with Crippen LogP contribution in [-0.4, -0.2) is 24.0 Å². The minimum atomic E-state index is -1.62. The zero-order valence-electron chi connectivity index (χ0n) is 12.2. The average Bonchev–Trinajstić information content (AvgIpc) is 2.58. The first-order chi connectivity index (χ1) is 11.5.